The molecule has 2 amide bonds. The van der Waals surface area contributed by atoms with E-state index in [0.29, 0.717) is 0 Å². The van der Waals surface area contributed by atoms with Gasteiger partial charge >= 0.3 is 5.97 Å². The highest BCUT2D eigenvalue weighted by atomic mass is 16.4. The first-order chi connectivity index (χ1) is 7.10. The highest BCUT2D eigenvalue weighted by Gasteiger charge is 2.38. The van der Waals surface area contributed by atoms with Gasteiger partial charge < -0.3 is 16.2 Å². The summed E-state index contributed by atoms with van der Waals surface area (Å²) in [5, 5.41) is 11.2. The Morgan fingerprint density at radius 1 is 1.25 bits per heavy atom. The van der Waals surface area contributed by atoms with Gasteiger partial charge in [-0.3, -0.25) is 14.4 Å². The molecule has 0 aromatic heterocycles. The van der Waals surface area contributed by atoms with Crippen molar-refractivity contribution in [3.05, 3.63) is 0 Å². The first kappa shape index (κ1) is 14.4. The monoisotopic (exact) mass is 230 g/mol. The molecule has 0 aliphatic rings. The molecule has 0 aliphatic carbocycles. The van der Waals surface area contributed by atoms with Gasteiger partial charge in [0.05, 0.1) is 0 Å². The predicted octanol–water partition coefficient (Wildman–Crippen LogP) is -0.277. The summed E-state index contributed by atoms with van der Waals surface area (Å²) >= 11 is 0. The maximum absolute atomic E-state index is 11.6. The van der Waals surface area contributed by atoms with E-state index in [9.17, 15) is 14.4 Å². The van der Waals surface area contributed by atoms with Gasteiger partial charge in [0.1, 0.15) is 11.5 Å². The van der Waals surface area contributed by atoms with E-state index in [1.165, 1.54) is 13.8 Å². The van der Waals surface area contributed by atoms with E-state index in [4.69, 9.17) is 10.8 Å². The van der Waals surface area contributed by atoms with Crippen molar-refractivity contribution in [3.63, 3.8) is 0 Å². The summed E-state index contributed by atoms with van der Waals surface area (Å²) in [6, 6.07) is -0.855. The Hall–Kier alpha value is -1.59. The van der Waals surface area contributed by atoms with E-state index in [1.807, 2.05) is 0 Å². The average Bonchev–Trinajstić information content (AvgIpc) is 2.11. The molecule has 0 saturated carbocycles. The van der Waals surface area contributed by atoms with Crippen LogP contribution in [-0.4, -0.2) is 28.9 Å². The summed E-state index contributed by atoms with van der Waals surface area (Å²) in [4.78, 5) is 33.5. The van der Waals surface area contributed by atoms with Crippen LogP contribution in [0.3, 0.4) is 0 Å². The van der Waals surface area contributed by atoms with Crippen molar-refractivity contribution < 1.29 is 19.5 Å². The summed E-state index contributed by atoms with van der Waals surface area (Å²) in [5.74, 6) is -2.84. The number of nitrogens with two attached hydrogens (primary N) is 1. The van der Waals surface area contributed by atoms with Gasteiger partial charge in [-0.25, -0.2) is 0 Å². The molecule has 0 heterocycles. The molecule has 0 fully saturated rings. The van der Waals surface area contributed by atoms with Crippen LogP contribution in [0.4, 0.5) is 0 Å². The summed E-state index contributed by atoms with van der Waals surface area (Å²) in [7, 11) is 0. The fourth-order valence-electron chi connectivity index (χ4n) is 0.985. The summed E-state index contributed by atoms with van der Waals surface area (Å²) in [5.41, 5.74) is 3.52. The van der Waals surface area contributed by atoms with Gasteiger partial charge in [0.15, 0.2) is 0 Å². The van der Waals surface area contributed by atoms with Crippen LogP contribution < -0.4 is 11.1 Å². The van der Waals surface area contributed by atoms with Crippen molar-refractivity contribution in [1.82, 2.24) is 5.32 Å². The van der Waals surface area contributed by atoms with Crippen LogP contribution in [0, 0.1) is 11.3 Å². The Kier molecular flexibility index (Phi) is 4.47. The Morgan fingerprint density at radius 3 is 1.94 bits per heavy atom. The van der Waals surface area contributed by atoms with Gasteiger partial charge in [0, 0.05) is 0 Å². The van der Waals surface area contributed by atoms with Crippen molar-refractivity contribution in [3.8, 4) is 0 Å². The molecule has 0 saturated heterocycles. The van der Waals surface area contributed by atoms with Crippen molar-refractivity contribution in [2.45, 2.75) is 33.7 Å². The number of carbonyl (C=O) groups excluding carboxylic acids is 2. The lowest BCUT2D eigenvalue weighted by atomic mass is 9.91. The minimum absolute atomic E-state index is 0.189. The SMILES string of the molecule is CC(C)C(NC(=O)C(C)(C)C(=O)O)C(N)=O. The fourth-order valence-corrected chi connectivity index (χ4v) is 0.985. The summed E-state index contributed by atoms with van der Waals surface area (Å²) in [6.45, 7) is 5.96. The Morgan fingerprint density at radius 2 is 1.69 bits per heavy atom. The maximum atomic E-state index is 11.6. The lowest BCUT2D eigenvalue weighted by Gasteiger charge is -2.24. The highest BCUT2D eigenvalue weighted by Crippen LogP contribution is 2.16. The number of carbonyl (C=O) groups is 3. The van der Waals surface area contributed by atoms with Crippen LogP contribution in [0.15, 0.2) is 0 Å². The zero-order valence-electron chi connectivity index (χ0n) is 9.90. The molecule has 0 bridgehead atoms. The second-order valence-electron chi connectivity index (χ2n) is 4.53. The number of hydrogen-bond acceptors (Lipinski definition) is 3. The van der Waals surface area contributed by atoms with Crippen molar-refractivity contribution in [1.29, 1.82) is 0 Å². The molecule has 6 nitrogen and oxygen atoms in total. The van der Waals surface area contributed by atoms with E-state index < -0.39 is 29.2 Å². The second-order valence-corrected chi connectivity index (χ2v) is 4.53. The van der Waals surface area contributed by atoms with Crippen LogP contribution in [0.2, 0.25) is 0 Å². The highest BCUT2D eigenvalue weighted by molar-refractivity contribution is 6.02. The fraction of sp³-hybridized carbons (Fsp3) is 0.700. The number of aliphatic carboxylic acids is 1. The minimum Gasteiger partial charge on any atom is -0.480 e. The van der Waals surface area contributed by atoms with Crippen LogP contribution in [0.5, 0.6) is 0 Å². The van der Waals surface area contributed by atoms with E-state index in [2.05, 4.69) is 5.32 Å². The second kappa shape index (κ2) is 4.96. The smallest absolute Gasteiger partial charge is 0.318 e. The average molecular weight is 230 g/mol. The summed E-state index contributed by atoms with van der Waals surface area (Å²) in [6.07, 6.45) is 0. The van der Waals surface area contributed by atoms with Gasteiger partial charge in [-0.1, -0.05) is 13.8 Å². The van der Waals surface area contributed by atoms with Crippen LogP contribution >= 0.6 is 0 Å². The third-order valence-electron chi connectivity index (χ3n) is 2.36. The van der Waals surface area contributed by atoms with Crippen LogP contribution in [0.1, 0.15) is 27.7 Å². The molecule has 0 aromatic carbocycles. The predicted molar refractivity (Wildman–Crippen MR) is 57.4 cm³/mol. The molecular formula is C10H18N2O4. The number of nitrogens with one attached hydrogen (secondary N) is 1. The molecule has 1 atom stereocenters. The first-order valence-electron chi connectivity index (χ1n) is 4.94. The standard InChI is InChI=1S/C10H18N2O4/c1-5(2)6(7(11)13)12-8(14)10(3,4)9(15)16/h5-6H,1-4H3,(H2,11,13)(H,12,14)(H,15,16). The van der Waals surface area contributed by atoms with Gasteiger partial charge in [0.2, 0.25) is 11.8 Å². The van der Waals surface area contributed by atoms with Crippen molar-refractivity contribution >= 4 is 17.8 Å². The molecule has 1 unspecified atom stereocenters. The number of amides is 2. The largest absolute Gasteiger partial charge is 0.480 e. The molecule has 0 rings (SSSR count). The summed E-state index contributed by atoms with van der Waals surface area (Å²) < 4.78 is 0. The zero-order chi connectivity index (χ0) is 13.1. The lowest BCUT2D eigenvalue weighted by Crippen LogP contribution is -2.53. The van der Waals surface area contributed by atoms with Gasteiger partial charge in [-0.2, -0.15) is 0 Å². The molecule has 0 spiro atoms. The normalized spacial score (nSPS) is 13.3. The first-order valence-corrected chi connectivity index (χ1v) is 4.94. The molecule has 6 heteroatoms. The lowest BCUT2D eigenvalue weighted by molar-refractivity contribution is -0.154. The zero-order valence-corrected chi connectivity index (χ0v) is 9.90. The minimum atomic E-state index is -1.58. The van der Waals surface area contributed by atoms with E-state index in [1.54, 1.807) is 13.8 Å². The molecular weight excluding hydrogens is 212 g/mol. The molecule has 0 aromatic rings. The number of hydrogen-bond donors (Lipinski definition) is 3. The number of primary amides is 1. The third-order valence-corrected chi connectivity index (χ3v) is 2.36. The van der Waals surface area contributed by atoms with Crippen molar-refractivity contribution in [2.24, 2.45) is 17.1 Å². The quantitative estimate of drug-likeness (QED) is 0.564. The van der Waals surface area contributed by atoms with E-state index >= 15 is 0 Å². The number of carboxylic acids is 1. The van der Waals surface area contributed by atoms with Gasteiger partial charge in [-0.05, 0) is 19.8 Å². The van der Waals surface area contributed by atoms with Gasteiger partial charge in [-0.15, -0.1) is 0 Å². The maximum Gasteiger partial charge on any atom is 0.318 e. The van der Waals surface area contributed by atoms with E-state index in [0.717, 1.165) is 0 Å². The molecule has 4 N–H and O–H groups in total. The molecule has 0 aliphatic heterocycles. The third kappa shape index (κ3) is 3.22. The van der Waals surface area contributed by atoms with Crippen LogP contribution in [0.25, 0.3) is 0 Å². The Balaban J connectivity index is 4.78. The molecule has 92 valence electrons. The molecule has 16 heavy (non-hydrogen) atoms. The van der Waals surface area contributed by atoms with Crippen molar-refractivity contribution in [2.75, 3.05) is 0 Å². The number of rotatable bonds is 5. The molecule has 0 radical (unpaired) electrons. The topological polar surface area (TPSA) is 109 Å². The van der Waals surface area contributed by atoms with Gasteiger partial charge in [0.25, 0.3) is 0 Å². The number of carboxylic acid groups (broad SMARTS) is 1. The Labute approximate surface area is 94.2 Å². The van der Waals surface area contributed by atoms with Crippen LogP contribution in [-0.2, 0) is 14.4 Å². The van der Waals surface area contributed by atoms with E-state index in [-0.39, 0.29) is 5.92 Å². The Bertz CT molecular complexity index is 310.